The van der Waals surface area contributed by atoms with Gasteiger partial charge in [-0.15, -0.1) is 0 Å². The Kier molecular flexibility index (Phi) is 72.4. The first-order chi connectivity index (χ1) is 42.0. The van der Waals surface area contributed by atoms with Crippen molar-refractivity contribution in [3.05, 3.63) is 48.6 Å². The van der Waals surface area contributed by atoms with Gasteiger partial charge >= 0.3 is 5.97 Å². The molecule has 2 unspecified atom stereocenters. The molecule has 0 fully saturated rings. The second-order valence-corrected chi connectivity index (χ2v) is 26.3. The number of carbonyl (C=O) groups excluding carboxylic acids is 2. The van der Waals surface area contributed by atoms with Crippen LogP contribution < -0.4 is 5.32 Å². The molecule has 0 rings (SSSR count). The summed E-state index contributed by atoms with van der Waals surface area (Å²) in [7, 11) is 0. The lowest BCUT2D eigenvalue weighted by Crippen LogP contribution is -2.45. The summed E-state index contributed by atoms with van der Waals surface area (Å²) in [5.74, 6) is -0.0509. The molecule has 85 heavy (non-hydrogen) atoms. The van der Waals surface area contributed by atoms with Gasteiger partial charge in [0, 0.05) is 12.8 Å². The van der Waals surface area contributed by atoms with Gasteiger partial charge in [0.25, 0.3) is 0 Å². The number of carbonyl (C=O) groups is 2. The number of esters is 1. The average molecular weight is 1190 g/mol. The zero-order valence-corrected chi connectivity index (χ0v) is 57.4. The van der Waals surface area contributed by atoms with Gasteiger partial charge in [-0.3, -0.25) is 9.59 Å². The SMILES string of the molecule is CCCCCCC/C=C\CCCCCCCC(=O)OCCCCCCCCCCCCCCCCC/C=C\C/C=C\CCCCCCCCCCCCCCCCCCCC(=O)NC(CO)C(O)/C=C/CCCCCCCCCCCCCCC. The first-order valence-corrected chi connectivity index (χ1v) is 38.4. The van der Waals surface area contributed by atoms with Gasteiger partial charge in [0.2, 0.25) is 5.91 Å². The fourth-order valence-electron chi connectivity index (χ4n) is 12.0. The summed E-state index contributed by atoms with van der Waals surface area (Å²) >= 11 is 0. The molecular formula is C79H149NO5. The number of nitrogens with one attached hydrogen (secondary N) is 1. The van der Waals surface area contributed by atoms with E-state index < -0.39 is 12.1 Å². The molecule has 0 aliphatic heterocycles. The van der Waals surface area contributed by atoms with Crippen LogP contribution in [0.2, 0.25) is 0 Å². The smallest absolute Gasteiger partial charge is 0.305 e. The van der Waals surface area contributed by atoms with Crippen molar-refractivity contribution < 1.29 is 24.5 Å². The minimum Gasteiger partial charge on any atom is -0.466 e. The second kappa shape index (κ2) is 74.3. The summed E-state index contributed by atoms with van der Waals surface area (Å²) in [6, 6.07) is -0.626. The molecule has 3 N–H and O–H groups in total. The third-order valence-corrected chi connectivity index (χ3v) is 17.8. The van der Waals surface area contributed by atoms with Crippen molar-refractivity contribution >= 4 is 11.9 Å². The highest BCUT2D eigenvalue weighted by atomic mass is 16.5. The van der Waals surface area contributed by atoms with Crippen LogP contribution in [0.1, 0.15) is 418 Å². The van der Waals surface area contributed by atoms with E-state index in [1.807, 2.05) is 6.08 Å². The maximum atomic E-state index is 12.5. The number of hydrogen-bond acceptors (Lipinski definition) is 5. The van der Waals surface area contributed by atoms with E-state index in [9.17, 15) is 19.8 Å². The Morgan fingerprint density at radius 1 is 0.329 bits per heavy atom. The quantitative estimate of drug-likeness (QED) is 0.0320. The van der Waals surface area contributed by atoms with Gasteiger partial charge < -0.3 is 20.3 Å². The van der Waals surface area contributed by atoms with Crippen LogP contribution in [-0.4, -0.2) is 47.4 Å². The van der Waals surface area contributed by atoms with Crippen LogP contribution in [0, 0.1) is 0 Å². The highest BCUT2D eigenvalue weighted by Crippen LogP contribution is 2.19. The van der Waals surface area contributed by atoms with Crippen molar-refractivity contribution in [1.82, 2.24) is 5.32 Å². The van der Waals surface area contributed by atoms with Gasteiger partial charge in [-0.05, 0) is 89.9 Å². The Morgan fingerprint density at radius 2 is 0.588 bits per heavy atom. The first kappa shape index (κ1) is 82.8. The molecule has 0 aromatic heterocycles. The fourth-order valence-corrected chi connectivity index (χ4v) is 12.0. The summed E-state index contributed by atoms with van der Waals surface area (Å²) < 4.78 is 5.49. The minimum absolute atomic E-state index is 0.0118. The largest absolute Gasteiger partial charge is 0.466 e. The van der Waals surface area contributed by atoms with Crippen LogP contribution in [0.25, 0.3) is 0 Å². The van der Waals surface area contributed by atoms with Crippen molar-refractivity contribution in [2.45, 2.75) is 431 Å². The topological polar surface area (TPSA) is 95.9 Å². The van der Waals surface area contributed by atoms with E-state index in [1.54, 1.807) is 6.08 Å². The van der Waals surface area contributed by atoms with E-state index in [0.717, 1.165) is 51.4 Å². The van der Waals surface area contributed by atoms with Gasteiger partial charge in [0.1, 0.15) is 0 Å². The van der Waals surface area contributed by atoms with Crippen molar-refractivity contribution in [3.8, 4) is 0 Å². The lowest BCUT2D eigenvalue weighted by Gasteiger charge is -2.20. The first-order valence-electron chi connectivity index (χ1n) is 38.4. The molecule has 500 valence electrons. The maximum Gasteiger partial charge on any atom is 0.305 e. The lowest BCUT2D eigenvalue weighted by molar-refractivity contribution is -0.143. The van der Waals surface area contributed by atoms with Crippen LogP contribution in [0.5, 0.6) is 0 Å². The van der Waals surface area contributed by atoms with Crippen LogP contribution in [-0.2, 0) is 14.3 Å². The number of rotatable bonds is 72. The molecule has 6 nitrogen and oxygen atoms in total. The van der Waals surface area contributed by atoms with Gasteiger partial charge in [-0.25, -0.2) is 0 Å². The molecule has 0 radical (unpaired) electrons. The number of aliphatic hydroxyl groups excluding tert-OH is 2. The lowest BCUT2D eigenvalue weighted by atomic mass is 10.0. The predicted molar refractivity (Wildman–Crippen MR) is 375 cm³/mol. The monoisotopic (exact) mass is 1190 g/mol. The third-order valence-electron chi connectivity index (χ3n) is 17.8. The van der Waals surface area contributed by atoms with Gasteiger partial charge in [0.05, 0.1) is 25.4 Å². The Hall–Kier alpha value is -2.18. The molecule has 0 aromatic rings. The molecule has 0 aliphatic carbocycles. The third kappa shape index (κ3) is 70.8. The molecule has 0 saturated carbocycles. The van der Waals surface area contributed by atoms with Crippen molar-refractivity contribution in [2.75, 3.05) is 13.2 Å². The van der Waals surface area contributed by atoms with Gasteiger partial charge in [-0.1, -0.05) is 364 Å². The molecule has 0 spiro atoms. The molecule has 0 aromatic carbocycles. The van der Waals surface area contributed by atoms with E-state index in [2.05, 4.69) is 55.6 Å². The van der Waals surface area contributed by atoms with Crippen LogP contribution in [0.15, 0.2) is 48.6 Å². The summed E-state index contributed by atoms with van der Waals surface area (Å²) in [5, 5.41) is 23.2. The van der Waals surface area contributed by atoms with Gasteiger partial charge in [-0.2, -0.15) is 0 Å². The van der Waals surface area contributed by atoms with Crippen LogP contribution >= 0.6 is 0 Å². The van der Waals surface area contributed by atoms with Crippen molar-refractivity contribution in [2.24, 2.45) is 0 Å². The zero-order chi connectivity index (χ0) is 61.3. The Balaban J connectivity index is 3.36. The number of aliphatic hydroxyl groups is 2. The highest BCUT2D eigenvalue weighted by molar-refractivity contribution is 5.76. The number of ether oxygens (including phenoxy) is 1. The molecule has 0 heterocycles. The van der Waals surface area contributed by atoms with E-state index in [0.29, 0.717) is 19.4 Å². The van der Waals surface area contributed by atoms with Gasteiger partial charge in [0.15, 0.2) is 0 Å². The number of amides is 1. The van der Waals surface area contributed by atoms with E-state index >= 15 is 0 Å². The summed E-state index contributed by atoms with van der Waals surface area (Å²) in [4.78, 5) is 24.6. The Bertz CT molecular complexity index is 1420. The Labute approximate surface area is 531 Å². The molecule has 0 bridgehead atoms. The maximum absolute atomic E-state index is 12.5. The fraction of sp³-hybridized carbons (Fsp3) is 0.873. The second-order valence-electron chi connectivity index (χ2n) is 26.3. The van der Waals surface area contributed by atoms with E-state index in [4.69, 9.17) is 4.74 Å². The summed E-state index contributed by atoms with van der Waals surface area (Å²) in [5.41, 5.74) is 0. The van der Waals surface area contributed by atoms with Crippen molar-refractivity contribution in [3.63, 3.8) is 0 Å². The number of allylic oxidation sites excluding steroid dienone is 7. The standard InChI is InChI=1S/C79H149NO5/c1-3-5-7-9-11-13-15-17-44-47-51-55-59-63-67-71-77(82)76(75-81)80-78(83)72-68-64-60-56-52-48-45-42-40-38-36-34-32-30-28-26-24-22-20-19-21-23-25-27-29-31-33-35-37-39-41-43-46-50-54-58-62-66-70-74-85-79(84)73-69-65-61-57-53-49-18-16-14-12-10-8-6-4-2/h16,18-20,23,25,67,71,76-77,81-82H,3-15,17,21-22,24,26-66,68-70,72-75H2,1-2H3,(H,80,83)/b18-16-,20-19-,25-23-,71-67+. The van der Waals surface area contributed by atoms with Crippen LogP contribution in [0.3, 0.4) is 0 Å². The molecule has 6 heteroatoms. The normalized spacial score (nSPS) is 12.8. The molecule has 1 amide bonds. The number of hydrogen-bond donors (Lipinski definition) is 3. The predicted octanol–water partition coefficient (Wildman–Crippen LogP) is 25.2. The van der Waals surface area contributed by atoms with Crippen molar-refractivity contribution in [1.29, 1.82) is 0 Å². The summed E-state index contributed by atoms with van der Waals surface area (Å²) in [6.45, 7) is 4.92. The summed E-state index contributed by atoms with van der Waals surface area (Å²) in [6.07, 6.45) is 98.0. The zero-order valence-electron chi connectivity index (χ0n) is 57.4. The van der Waals surface area contributed by atoms with E-state index in [-0.39, 0.29) is 18.5 Å². The molecule has 0 aliphatic rings. The number of unbranched alkanes of at least 4 members (excludes halogenated alkanes) is 55. The average Bonchev–Trinajstić information content (AvgIpc) is 3.52. The minimum atomic E-state index is -0.842. The highest BCUT2D eigenvalue weighted by Gasteiger charge is 2.18. The molecular weight excluding hydrogens is 1040 g/mol. The van der Waals surface area contributed by atoms with Crippen LogP contribution in [0.4, 0.5) is 0 Å². The Morgan fingerprint density at radius 3 is 0.906 bits per heavy atom. The van der Waals surface area contributed by atoms with E-state index in [1.165, 1.54) is 340 Å². The molecule has 2 atom stereocenters. The molecule has 0 saturated heterocycles.